The maximum atomic E-state index is 11.1. The van der Waals surface area contributed by atoms with Gasteiger partial charge in [-0.2, -0.15) is 0 Å². The van der Waals surface area contributed by atoms with Crippen LogP contribution in [0.5, 0.6) is 0 Å². The lowest BCUT2D eigenvalue weighted by Gasteiger charge is -2.21. The maximum absolute atomic E-state index is 11.1. The van der Waals surface area contributed by atoms with Crippen molar-refractivity contribution in [2.24, 2.45) is 0 Å². The molecule has 0 saturated heterocycles. The minimum absolute atomic E-state index is 0.164. The Kier molecular flexibility index (Phi) is 10.9. The van der Waals surface area contributed by atoms with Crippen molar-refractivity contribution in [1.82, 2.24) is 0 Å². The van der Waals surface area contributed by atoms with Crippen LogP contribution in [-0.2, 0) is 14.3 Å². The van der Waals surface area contributed by atoms with E-state index >= 15 is 0 Å². The number of carbonyl (C=O) groups excluding carboxylic acids is 1. The van der Waals surface area contributed by atoms with Gasteiger partial charge in [-0.15, -0.1) is 0 Å². The third-order valence-electron chi connectivity index (χ3n) is 2.44. The smallest absolute Gasteiger partial charge is 0.309 e. The number of rotatable bonds is 11. The second-order valence-corrected chi connectivity index (χ2v) is 4.28. The molecule has 0 saturated carbocycles. The molecule has 6 heteroatoms. The minimum atomic E-state index is -1.07. The first-order valence-corrected chi connectivity index (χ1v) is 6.55. The zero-order chi connectivity index (χ0) is 15.4. The topological polar surface area (TPSA) is 96.2 Å². The molecule has 0 radical (unpaired) electrons. The van der Waals surface area contributed by atoms with E-state index in [-0.39, 0.29) is 25.6 Å². The summed E-state index contributed by atoms with van der Waals surface area (Å²) in [5.74, 6) is -0.340. The third-order valence-corrected chi connectivity index (χ3v) is 2.44. The molecule has 0 fully saturated rings. The van der Waals surface area contributed by atoms with E-state index in [9.17, 15) is 15.0 Å². The Bertz CT molecular complexity index is 300. The molecule has 0 aromatic heterocycles. The molecular weight excluding hydrogens is 264 g/mol. The maximum Gasteiger partial charge on any atom is 0.309 e. The zero-order valence-corrected chi connectivity index (χ0v) is 11.8. The van der Waals surface area contributed by atoms with Gasteiger partial charge < -0.3 is 24.8 Å². The first-order valence-electron chi connectivity index (χ1n) is 6.55. The van der Waals surface area contributed by atoms with Gasteiger partial charge in [0.25, 0.3) is 0 Å². The molecule has 0 spiro atoms. The van der Waals surface area contributed by atoms with Crippen molar-refractivity contribution in [3.63, 3.8) is 0 Å². The largest absolute Gasteiger partial charge is 0.461 e. The molecule has 116 valence electrons. The predicted octanol–water partition coefficient (Wildman–Crippen LogP) is 0.519. The van der Waals surface area contributed by atoms with Gasteiger partial charge in [0.05, 0.1) is 19.1 Å². The van der Waals surface area contributed by atoms with Crippen molar-refractivity contribution in [3.05, 3.63) is 24.8 Å². The summed E-state index contributed by atoms with van der Waals surface area (Å²) >= 11 is 0. The van der Waals surface area contributed by atoms with E-state index in [0.717, 1.165) is 0 Å². The van der Waals surface area contributed by atoms with Crippen molar-refractivity contribution >= 4 is 5.97 Å². The van der Waals surface area contributed by atoms with Crippen molar-refractivity contribution in [3.8, 4) is 0 Å². The summed E-state index contributed by atoms with van der Waals surface area (Å²) in [5.41, 5.74) is 0. The highest BCUT2D eigenvalue weighted by molar-refractivity contribution is 5.71. The Morgan fingerprint density at radius 1 is 1.35 bits per heavy atom. The molecule has 3 unspecified atom stereocenters. The number of hydrogen-bond acceptors (Lipinski definition) is 6. The molecule has 3 N–H and O–H groups in total. The fourth-order valence-electron chi connectivity index (χ4n) is 1.33. The van der Waals surface area contributed by atoms with Crippen LogP contribution < -0.4 is 0 Å². The lowest BCUT2D eigenvalue weighted by Crippen LogP contribution is -2.34. The van der Waals surface area contributed by atoms with E-state index in [1.54, 1.807) is 12.2 Å². The van der Waals surface area contributed by atoms with Crippen molar-refractivity contribution < 1.29 is 29.6 Å². The summed E-state index contributed by atoms with van der Waals surface area (Å²) in [4.78, 5) is 11.1. The molecule has 0 amide bonds. The number of carbonyl (C=O) groups is 1. The third kappa shape index (κ3) is 9.69. The van der Waals surface area contributed by atoms with Gasteiger partial charge in [-0.1, -0.05) is 24.8 Å². The van der Waals surface area contributed by atoms with Gasteiger partial charge in [0.1, 0.15) is 12.7 Å². The fraction of sp³-hybridized carbons (Fsp3) is 0.643. The molecule has 20 heavy (non-hydrogen) atoms. The summed E-state index contributed by atoms with van der Waals surface area (Å²) in [7, 11) is 0. The average Bonchev–Trinajstić information content (AvgIpc) is 2.41. The molecule has 0 aromatic carbocycles. The number of allylic oxidation sites excluding steroid dienone is 1. The first kappa shape index (κ1) is 18.8. The van der Waals surface area contributed by atoms with E-state index in [1.807, 2.05) is 0 Å². The van der Waals surface area contributed by atoms with Crippen molar-refractivity contribution in [1.29, 1.82) is 0 Å². The Hall–Kier alpha value is -1.21. The van der Waals surface area contributed by atoms with Gasteiger partial charge in [-0.05, 0) is 13.3 Å². The van der Waals surface area contributed by atoms with Gasteiger partial charge in [0.2, 0.25) is 0 Å². The number of ether oxygens (including phenoxy) is 2. The van der Waals surface area contributed by atoms with Crippen LogP contribution in [0.15, 0.2) is 24.8 Å². The number of aliphatic hydroxyl groups excluding tert-OH is 3. The van der Waals surface area contributed by atoms with Crippen molar-refractivity contribution in [2.75, 3.05) is 13.2 Å². The van der Waals surface area contributed by atoms with Crippen LogP contribution in [-0.4, -0.2) is 53.0 Å². The predicted molar refractivity (Wildman–Crippen MR) is 73.8 cm³/mol. The Morgan fingerprint density at radius 3 is 2.60 bits per heavy atom. The molecule has 3 atom stereocenters. The fourth-order valence-corrected chi connectivity index (χ4v) is 1.33. The standard InChI is InChI=1S/C14H24O6/c1-3-9-19-13(17)7-5-4-6-8-14(18)20-12(10-15)11(2)16/h3-5,11-12,14-16,18H,1,6-10H2,2H3/b5-4-. The zero-order valence-electron chi connectivity index (χ0n) is 11.8. The molecule has 0 heterocycles. The summed E-state index contributed by atoms with van der Waals surface area (Å²) in [6, 6.07) is 0. The number of hydrogen-bond donors (Lipinski definition) is 3. The molecule has 0 aliphatic heterocycles. The lowest BCUT2D eigenvalue weighted by molar-refractivity contribution is -0.174. The van der Waals surface area contributed by atoms with Gasteiger partial charge in [-0.3, -0.25) is 4.79 Å². The van der Waals surface area contributed by atoms with Gasteiger partial charge >= 0.3 is 5.97 Å². The Labute approximate surface area is 119 Å². The van der Waals surface area contributed by atoms with E-state index in [0.29, 0.717) is 12.8 Å². The highest BCUT2D eigenvalue weighted by atomic mass is 16.6. The minimum Gasteiger partial charge on any atom is -0.461 e. The summed E-state index contributed by atoms with van der Waals surface area (Å²) in [6.45, 7) is 4.74. The first-order chi connectivity index (χ1) is 9.51. The van der Waals surface area contributed by atoms with Crippen LogP contribution in [0.2, 0.25) is 0 Å². The monoisotopic (exact) mass is 288 g/mol. The molecule has 0 rings (SSSR count). The van der Waals surface area contributed by atoms with E-state index < -0.39 is 18.5 Å². The van der Waals surface area contributed by atoms with E-state index in [4.69, 9.17) is 14.6 Å². The summed E-state index contributed by atoms with van der Waals surface area (Å²) < 4.78 is 9.84. The van der Waals surface area contributed by atoms with E-state index in [2.05, 4.69) is 6.58 Å². The molecule has 0 aliphatic rings. The highest BCUT2D eigenvalue weighted by Crippen LogP contribution is 2.07. The molecule has 0 aromatic rings. The van der Waals surface area contributed by atoms with Gasteiger partial charge in [0, 0.05) is 6.42 Å². The van der Waals surface area contributed by atoms with Crippen LogP contribution in [0, 0.1) is 0 Å². The van der Waals surface area contributed by atoms with E-state index in [1.165, 1.54) is 13.0 Å². The van der Waals surface area contributed by atoms with Crippen molar-refractivity contribution in [2.45, 2.75) is 44.7 Å². The van der Waals surface area contributed by atoms with Crippen LogP contribution in [0.25, 0.3) is 0 Å². The Morgan fingerprint density at radius 2 is 2.05 bits per heavy atom. The SMILES string of the molecule is C=CCOC(=O)C/C=C\CCC(O)OC(CO)C(C)O. The van der Waals surface area contributed by atoms with Gasteiger partial charge in [0.15, 0.2) is 6.29 Å². The molecule has 0 aliphatic carbocycles. The van der Waals surface area contributed by atoms with Crippen LogP contribution in [0.3, 0.4) is 0 Å². The van der Waals surface area contributed by atoms with Crippen LogP contribution in [0.1, 0.15) is 26.2 Å². The van der Waals surface area contributed by atoms with Crippen LogP contribution in [0.4, 0.5) is 0 Å². The van der Waals surface area contributed by atoms with Gasteiger partial charge in [-0.25, -0.2) is 0 Å². The summed E-state index contributed by atoms with van der Waals surface area (Å²) in [6.07, 6.45) is 3.13. The van der Waals surface area contributed by atoms with Crippen LogP contribution >= 0.6 is 0 Å². The lowest BCUT2D eigenvalue weighted by atomic mass is 10.2. The number of esters is 1. The second-order valence-electron chi connectivity index (χ2n) is 4.28. The average molecular weight is 288 g/mol. The quantitative estimate of drug-likeness (QED) is 0.291. The highest BCUT2D eigenvalue weighted by Gasteiger charge is 2.18. The Balaban J connectivity index is 3.77. The molecule has 6 nitrogen and oxygen atoms in total. The normalized spacial score (nSPS) is 15.8. The molecular formula is C14H24O6. The summed E-state index contributed by atoms with van der Waals surface area (Å²) in [5, 5.41) is 27.7. The second kappa shape index (κ2) is 11.6. The number of aliphatic hydroxyl groups is 3. The molecule has 0 bridgehead atoms.